The second kappa shape index (κ2) is 4.18. The highest BCUT2D eigenvalue weighted by molar-refractivity contribution is 5.16. The SMILES string of the molecule is CN(O)CCc1ccc(F)cc1. The van der Waals surface area contributed by atoms with Gasteiger partial charge in [0, 0.05) is 13.6 Å². The van der Waals surface area contributed by atoms with E-state index < -0.39 is 0 Å². The molecule has 0 saturated carbocycles. The van der Waals surface area contributed by atoms with Crippen LogP contribution in [0.1, 0.15) is 5.56 Å². The van der Waals surface area contributed by atoms with Gasteiger partial charge in [0.2, 0.25) is 0 Å². The molecular weight excluding hydrogens is 157 g/mol. The fourth-order valence-electron chi connectivity index (χ4n) is 0.942. The first kappa shape index (κ1) is 9.16. The summed E-state index contributed by atoms with van der Waals surface area (Å²) in [6.45, 7) is 0.561. The van der Waals surface area contributed by atoms with Crippen molar-refractivity contribution in [1.82, 2.24) is 5.06 Å². The molecule has 0 aromatic heterocycles. The number of hydroxylamine groups is 2. The van der Waals surface area contributed by atoms with Crippen LogP contribution in [-0.4, -0.2) is 23.9 Å². The van der Waals surface area contributed by atoms with Gasteiger partial charge in [0.15, 0.2) is 0 Å². The molecule has 3 heteroatoms. The molecule has 0 bridgehead atoms. The van der Waals surface area contributed by atoms with Crippen LogP contribution in [0.3, 0.4) is 0 Å². The molecule has 2 nitrogen and oxygen atoms in total. The third-order valence-electron chi connectivity index (χ3n) is 1.64. The molecule has 0 aliphatic rings. The highest BCUT2D eigenvalue weighted by Gasteiger charge is 1.95. The van der Waals surface area contributed by atoms with E-state index in [0.29, 0.717) is 6.54 Å². The smallest absolute Gasteiger partial charge is 0.123 e. The maximum Gasteiger partial charge on any atom is 0.123 e. The van der Waals surface area contributed by atoms with Crippen molar-refractivity contribution in [3.05, 3.63) is 35.6 Å². The van der Waals surface area contributed by atoms with E-state index in [9.17, 15) is 4.39 Å². The molecule has 0 atom stereocenters. The summed E-state index contributed by atoms with van der Waals surface area (Å²) in [4.78, 5) is 0. The topological polar surface area (TPSA) is 23.5 Å². The average molecular weight is 169 g/mol. The summed E-state index contributed by atoms with van der Waals surface area (Å²) in [7, 11) is 1.59. The van der Waals surface area contributed by atoms with E-state index in [2.05, 4.69) is 0 Å². The molecule has 0 fully saturated rings. The summed E-state index contributed by atoms with van der Waals surface area (Å²) in [6, 6.07) is 6.29. The van der Waals surface area contributed by atoms with E-state index in [-0.39, 0.29) is 5.82 Å². The lowest BCUT2D eigenvalue weighted by molar-refractivity contribution is -0.0634. The molecule has 1 aromatic rings. The Kier molecular flexibility index (Phi) is 3.19. The second-order valence-corrected chi connectivity index (χ2v) is 2.76. The van der Waals surface area contributed by atoms with Gasteiger partial charge in [-0.25, -0.2) is 4.39 Å². The van der Waals surface area contributed by atoms with Crippen LogP contribution in [0.15, 0.2) is 24.3 Å². The first-order chi connectivity index (χ1) is 5.68. The molecular formula is C9H12FNO. The fourth-order valence-corrected chi connectivity index (χ4v) is 0.942. The van der Waals surface area contributed by atoms with Crippen molar-refractivity contribution >= 4 is 0 Å². The maximum atomic E-state index is 12.4. The van der Waals surface area contributed by atoms with Crippen molar-refractivity contribution in [2.45, 2.75) is 6.42 Å². The van der Waals surface area contributed by atoms with Gasteiger partial charge in [-0.3, -0.25) is 0 Å². The van der Waals surface area contributed by atoms with Gasteiger partial charge in [0.1, 0.15) is 5.82 Å². The molecule has 0 unspecified atom stereocenters. The van der Waals surface area contributed by atoms with Gasteiger partial charge in [-0.05, 0) is 24.1 Å². The Morgan fingerprint density at radius 2 is 1.92 bits per heavy atom. The monoisotopic (exact) mass is 169 g/mol. The Bertz CT molecular complexity index is 233. The predicted octanol–water partition coefficient (Wildman–Crippen LogP) is 1.69. The summed E-state index contributed by atoms with van der Waals surface area (Å²) in [5.41, 5.74) is 1.03. The van der Waals surface area contributed by atoms with Gasteiger partial charge in [0.25, 0.3) is 0 Å². The minimum Gasteiger partial charge on any atom is -0.314 e. The Balaban J connectivity index is 2.48. The van der Waals surface area contributed by atoms with Crippen LogP contribution in [0.4, 0.5) is 4.39 Å². The Morgan fingerprint density at radius 3 is 2.42 bits per heavy atom. The highest BCUT2D eigenvalue weighted by atomic mass is 19.1. The number of benzene rings is 1. The van der Waals surface area contributed by atoms with Gasteiger partial charge < -0.3 is 5.21 Å². The molecule has 0 aliphatic heterocycles. The van der Waals surface area contributed by atoms with Crippen molar-refractivity contribution in [3.8, 4) is 0 Å². The largest absolute Gasteiger partial charge is 0.314 e. The van der Waals surface area contributed by atoms with Gasteiger partial charge in [-0.2, -0.15) is 5.06 Å². The summed E-state index contributed by atoms with van der Waals surface area (Å²) < 4.78 is 12.4. The summed E-state index contributed by atoms with van der Waals surface area (Å²) >= 11 is 0. The molecule has 12 heavy (non-hydrogen) atoms. The predicted molar refractivity (Wildman–Crippen MR) is 44.5 cm³/mol. The second-order valence-electron chi connectivity index (χ2n) is 2.76. The number of nitrogens with zero attached hydrogens (tertiary/aromatic N) is 1. The maximum absolute atomic E-state index is 12.4. The molecule has 0 amide bonds. The van der Waals surface area contributed by atoms with Crippen LogP contribution in [0.5, 0.6) is 0 Å². The van der Waals surface area contributed by atoms with E-state index in [1.165, 1.54) is 12.1 Å². The van der Waals surface area contributed by atoms with E-state index in [0.717, 1.165) is 17.0 Å². The third kappa shape index (κ3) is 2.98. The van der Waals surface area contributed by atoms with Crippen molar-refractivity contribution in [2.75, 3.05) is 13.6 Å². The van der Waals surface area contributed by atoms with Crippen molar-refractivity contribution in [1.29, 1.82) is 0 Å². The minimum atomic E-state index is -0.226. The van der Waals surface area contributed by atoms with Crippen LogP contribution in [0.2, 0.25) is 0 Å². The lowest BCUT2D eigenvalue weighted by Crippen LogP contribution is -2.15. The summed E-state index contributed by atoms with van der Waals surface area (Å²) in [5, 5.41) is 9.94. The van der Waals surface area contributed by atoms with E-state index in [4.69, 9.17) is 5.21 Å². The lowest BCUT2D eigenvalue weighted by atomic mass is 10.1. The van der Waals surface area contributed by atoms with Gasteiger partial charge in [-0.15, -0.1) is 0 Å². The van der Waals surface area contributed by atoms with E-state index in [1.54, 1.807) is 19.2 Å². The van der Waals surface area contributed by atoms with E-state index in [1.807, 2.05) is 0 Å². The number of likely N-dealkylation sites (N-methyl/N-ethyl adjacent to an activating group) is 1. The highest BCUT2D eigenvalue weighted by Crippen LogP contribution is 2.03. The quantitative estimate of drug-likeness (QED) is 0.696. The first-order valence-corrected chi connectivity index (χ1v) is 3.83. The number of hydrogen-bond acceptors (Lipinski definition) is 2. The first-order valence-electron chi connectivity index (χ1n) is 3.83. The number of halogens is 1. The Hall–Kier alpha value is -0.930. The van der Waals surface area contributed by atoms with Crippen LogP contribution < -0.4 is 0 Å². The standard InChI is InChI=1S/C9H12FNO/c1-11(12)7-6-8-2-4-9(10)5-3-8/h2-5,12H,6-7H2,1H3. The van der Waals surface area contributed by atoms with Crippen LogP contribution in [-0.2, 0) is 6.42 Å². The van der Waals surface area contributed by atoms with Crippen molar-refractivity contribution in [3.63, 3.8) is 0 Å². The third-order valence-corrected chi connectivity index (χ3v) is 1.64. The minimum absolute atomic E-state index is 0.226. The molecule has 0 aliphatic carbocycles. The molecule has 0 heterocycles. The Morgan fingerprint density at radius 1 is 1.33 bits per heavy atom. The zero-order valence-electron chi connectivity index (χ0n) is 7.00. The number of rotatable bonds is 3. The van der Waals surface area contributed by atoms with Crippen LogP contribution in [0, 0.1) is 5.82 Å². The molecule has 0 spiro atoms. The molecule has 0 radical (unpaired) electrons. The van der Waals surface area contributed by atoms with Gasteiger partial charge >= 0.3 is 0 Å². The fraction of sp³-hybridized carbons (Fsp3) is 0.333. The molecule has 1 N–H and O–H groups in total. The zero-order chi connectivity index (χ0) is 8.97. The summed E-state index contributed by atoms with van der Waals surface area (Å²) in [5.74, 6) is -0.226. The average Bonchev–Trinajstić information content (AvgIpc) is 2.03. The molecule has 1 aromatic carbocycles. The molecule has 66 valence electrons. The van der Waals surface area contributed by atoms with Gasteiger partial charge in [0.05, 0.1) is 0 Å². The van der Waals surface area contributed by atoms with Gasteiger partial charge in [-0.1, -0.05) is 12.1 Å². The van der Waals surface area contributed by atoms with Crippen LogP contribution in [0.25, 0.3) is 0 Å². The zero-order valence-corrected chi connectivity index (χ0v) is 7.00. The lowest BCUT2D eigenvalue weighted by Gasteiger charge is -2.06. The number of hydrogen-bond donors (Lipinski definition) is 1. The van der Waals surface area contributed by atoms with Crippen molar-refractivity contribution in [2.24, 2.45) is 0 Å². The van der Waals surface area contributed by atoms with Crippen molar-refractivity contribution < 1.29 is 9.60 Å². The normalized spacial score (nSPS) is 10.7. The Labute approximate surface area is 71.2 Å². The van der Waals surface area contributed by atoms with E-state index >= 15 is 0 Å². The van der Waals surface area contributed by atoms with Crippen LogP contribution >= 0.6 is 0 Å². The molecule has 1 rings (SSSR count). The summed E-state index contributed by atoms with van der Waals surface area (Å²) in [6.07, 6.45) is 0.729. The molecule has 0 saturated heterocycles.